The Morgan fingerprint density at radius 1 is 1.09 bits per heavy atom. The smallest absolute Gasteiger partial charge is 0.466 e. The van der Waals surface area contributed by atoms with E-state index < -0.39 is 25.7 Å². The van der Waals surface area contributed by atoms with Crippen molar-refractivity contribution < 1.29 is 32.7 Å². The van der Waals surface area contributed by atoms with Gasteiger partial charge >= 0.3 is 19.7 Å². The summed E-state index contributed by atoms with van der Waals surface area (Å²) in [5, 5.41) is 0. The van der Waals surface area contributed by atoms with Crippen molar-refractivity contribution in [3.8, 4) is 5.75 Å². The normalized spacial score (nSPS) is 14.0. The van der Waals surface area contributed by atoms with Crippen LogP contribution in [0, 0.1) is 0 Å². The summed E-state index contributed by atoms with van der Waals surface area (Å²) in [6, 6.07) is 14.3. The van der Waals surface area contributed by atoms with E-state index in [4.69, 9.17) is 25.6 Å². The Morgan fingerprint density at radius 3 is 2.31 bits per heavy atom. The van der Waals surface area contributed by atoms with E-state index >= 15 is 0 Å². The summed E-state index contributed by atoms with van der Waals surface area (Å²) in [5.41, 5.74) is 1.48. The zero-order chi connectivity index (χ0) is 23.6. The Hall–Kier alpha value is -2.64. The van der Waals surface area contributed by atoms with Gasteiger partial charge in [-0.2, -0.15) is 0 Å². The van der Waals surface area contributed by atoms with Crippen molar-refractivity contribution in [2.45, 2.75) is 19.4 Å². The molecular formula is C22H25ClNO7P. The van der Waals surface area contributed by atoms with Crippen molar-refractivity contribution in [3.05, 3.63) is 71.8 Å². The molecule has 0 saturated heterocycles. The summed E-state index contributed by atoms with van der Waals surface area (Å²) < 4.78 is 34.5. The third-order valence-corrected chi connectivity index (χ3v) is 6.71. The highest BCUT2D eigenvalue weighted by atomic mass is 35.5. The average molecular weight is 482 g/mol. The minimum absolute atomic E-state index is 0.132. The molecule has 0 radical (unpaired) electrons. The number of rotatable bonds is 11. The van der Waals surface area contributed by atoms with Crippen LogP contribution in [0.15, 0.2) is 60.7 Å². The van der Waals surface area contributed by atoms with Crippen LogP contribution in [-0.4, -0.2) is 43.0 Å². The van der Waals surface area contributed by atoms with Gasteiger partial charge in [-0.05, 0) is 48.0 Å². The largest absolute Gasteiger partial charge is 0.475 e. The van der Waals surface area contributed by atoms with Crippen molar-refractivity contribution in [1.82, 2.24) is 4.19 Å². The number of carbonyl (C=O) groups is 2. The highest BCUT2D eigenvalue weighted by molar-refractivity contribution is 7.53. The highest BCUT2D eigenvalue weighted by Gasteiger charge is 2.43. The lowest BCUT2D eigenvalue weighted by Crippen LogP contribution is -2.37. The number of benzene rings is 2. The maximum atomic E-state index is 13.4. The molecule has 0 aliphatic carbocycles. The quantitative estimate of drug-likeness (QED) is 0.198. The Morgan fingerprint density at radius 2 is 1.75 bits per heavy atom. The van der Waals surface area contributed by atoms with Gasteiger partial charge in [0.05, 0.1) is 13.7 Å². The summed E-state index contributed by atoms with van der Waals surface area (Å²) in [5.74, 6) is -0.954. The second kappa shape index (κ2) is 12.4. The fraction of sp³-hybridized carbons (Fsp3) is 0.273. The highest BCUT2D eigenvalue weighted by Crippen LogP contribution is 2.54. The molecule has 0 unspecified atom stereocenters. The van der Waals surface area contributed by atoms with Crippen molar-refractivity contribution >= 4 is 37.5 Å². The molecule has 32 heavy (non-hydrogen) atoms. The molecule has 0 aliphatic heterocycles. The standard InChI is InChI=1S/C22H25ClNO7P/c1-4-30-22(26)20(16-18-8-6-5-7-9-18)24(23)32(27,29-3)31-19-13-10-17(11-14-19)12-15-21(25)28-2/h5-15,20H,4,16H2,1-3H3/b15-12+/t20-,32+/m0/s1. The minimum atomic E-state index is -4.13. The Kier molecular flexibility index (Phi) is 9.94. The van der Waals surface area contributed by atoms with E-state index in [2.05, 4.69) is 4.74 Å². The molecule has 0 heterocycles. The van der Waals surface area contributed by atoms with Gasteiger partial charge in [-0.1, -0.05) is 46.7 Å². The predicted octanol–water partition coefficient (Wildman–Crippen LogP) is 4.64. The van der Waals surface area contributed by atoms with Gasteiger partial charge in [0.2, 0.25) is 0 Å². The van der Waals surface area contributed by atoms with E-state index in [9.17, 15) is 14.2 Å². The van der Waals surface area contributed by atoms with Gasteiger partial charge in [-0.15, -0.1) is 0 Å². The van der Waals surface area contributed by atoms with Gasteiger partial charge in [0.1, 0.15) is 11.8 Å². The molecule has 8 nitrogen and oxygen atoms in total. The van der Waals surface area contributed by atoms with Gasteiger partial charge in [0, 0.05) is 19.6 Å². The second-order valence-electron chi connectivity index (χ2n) is 6.41. The number of methoxy groups -OCH3 is 1. The van der Waals surface area contributed by atoms with E-state index in [-0.39, 0.29) is 18.8 Å². The van der Waals surface area contributed by atoms with E-state index in [1.54, 1.807) is 25.1 Å². The van der Waals surface area contributed by atoms with Crippen LogP contribution in [-0.2, 0) is 34.6 Å². The number of ether oxygens (including phenoxy) is 2. The number of nitrogens with zero attached hydrogens (tertiary/aromatic N) is 1. The first kappa shape index (κ1) is 25.6. The van der Waals surface area contributed by atoms with E-state index in [1.807, 2.05) is 30.3 Å². The number of hydrogen-bond donors (Lipinski definition) is 0. The lowest BCUT2D eigenvalue weighted by Gasteiger charge is -2.29. The molecule has 2 aromatic carbocycles. The van der Waals surface area contributed by atoms with Crippen LogP contribution in [0.25, 0.3) is 6.08 Å². The number of hydrogen-bond acceptors (Lipinski definition) is 7. The lowest BCUT2D eigenvalue weighted by atomic mass is 10.1. The zero-order valence-corrected chi connectivity index (χ0v) is 19.6. The first-order valence-corrected chi connectivity index (χ1v) is 11.5. The molecule has 0 bridgehead atoms. The van der Waals surface area contributed by atoms with E-state index in [0.29, 0.717) is 5.56 Å². The van der Waals surface area contributed by atoms with Gasteiger partial charge in [-0.25, -0.2) is 9.36 Å². The van der Waals surface area contributed by atoms with Crippen LogP contribution in [0.2, 0.25) is 0 Å². The fourth-order valence-electron chi connectivity index (χ4n) is 2.65. The Labute approximate surface area is 192 Å². The molecule has 172 valence electrons. The van der Waals surface area contributed by atoms with Gasteiger partial charge < -0.3 is 14.0 Å². The number of halogens is 1. The molecule has 0 fully saturated rings. The third kappa shape index (κ3) is 7.21. The van der Waals surface area contributed by atoms with Crippen LogP contribution in [0.5, 0.6) is 5.75 Å². The Balaban J connectivity index is 2.23. The number of carbonyl (C=O) groups excluding carboxylic acids is 2. The maximum absolute atomic E-state index is 13.4. The van der Waals surface area contributed by atoms with E-state index in [0.717, 1.165) is 9.75 Å². The first-order chi connectivity index (χ1) is 15.3. The molecule has 0 aromatic heterocycles. The summed E-state index contributed by atoms with van der Waals surface area (Å²) in [4.78, 5) is 23.8. The molecule has 2 atom stereocenters. The summed E-state index contributed by atoms with van der Waals surface area (Å²) in [6.07, 6.45) is 2.96. The second-order valence-corrected chi connectivity index (χ2v) is 8.93. The molecule has 10 heteroatoms. The average Bonchev–Trinajstić information content (AvgIpc) is 2.82. The SMILES string of the molecule is CCOC(=O)[C@H](Cc1ccccc1)N(Cl)[P@@](=O)(OC)Oc1ccc(/C=C/C(=O)OC)cc1. The molecule has 2 rings (SSSR count). The predicted molar refractivity (Wildman–Crippen MR) is 121 cm³/mol. The van der Waals surface area contributed by atoms with Crippen LogP contribution in [0.3, 0.4) is 0 Å². The summed E-state index contributed by atoms with van der Waals surface area (Å²) in [6.45, 7) is 1.80. The van der Waals surface area contributed by atoms with Gasteiger partial charge in [0.25, 0.3) is 0 Å². The Bertz CT molecular complexity index is 966. The van der Waals surface area contributed by atoms with Crippen LogP contribution in [0.1, 0.15) is 18.1 Å². The topological polar surface area (TPSA) is 91.4 Å². The van der Waals surface area contributed by atoms with Gasteiger partial charge in [0.15, 0.2) is 0 Å². The van der Waals surface area contributed by atoms with Crippen molar-refractivity contribution in [2.75, 3.05) is 20.8 Å². The number of esters is 2. The van der Waals surface area contributed by atoms with Crippen LogP contribution in [0.4, 0.5) is 0 Å². The molecule has 0 N–H and O–H groups in total. The summed E-state index contributed by atoms with van der Waals surface area (Å²) >= 11 is 6.37. The monoisotopic (exact) mass is 481 g/mol. The molecule has 0 saturated carbocycles. The lowest BCUT2D eigenvalue weighted by molar-refractivity contribution is -0.146. The molecule has 0 amide bonds. The minimum Gasteiger partial charge on any atom is -0.466 e. The van der Waals surface area contributed by atoms with Crippen molar-refractivity contribution in [2.24, 2.45) is 0 Å². The maximum Gasteiger partial charge on any atom is 0.475 e. The fourth-order valence-corrected chi connectivity index (χ4v) is 4.29. The molecule has 2 aromatic rings. The molecule has 0 spiro atoms. The molecule has 0 aliphatic rings. The third-order valence-electron chi connectivity index (χ3n) is 4.27. The van der Waals surface area contributed by atoms with Crippen LogP contribution >= 0.6 is 19.5 Å². The first-order valence-electron chi connectivity index (χ1n) is 9.70. The van der Waals surface area contributed by atoms with Crippen LogP contribution < -0.4 is 4.52 Å². The summed E-state index contributed by atoms with van der Waals surface area (Å²) in [7, 11) is -1.67. The van der Waals surface area contributed by atoms with Gasteiger partial charge in [-0.3, -0.25) is 9.32 Å². The van der Waals surface area contributed by atoms with E-state index in [1.165, 1.54) is 32.4 Å². The molecular weight excluding hydrogens is 457 g/mol. The van der Waals surface area contributed by atoms with Crippen molar-refractivity contribution in [3.63, 3.8) is 0 Å². The van der Waals surface area contributed by atoms with Crippen molar-refractivity contribution in [1.29, 1.82) is 0 Å². The zero-order valence-electron chi connectivity index (χ0n) is 18.0.